The highest BCUT2D eigenvalue weighted by Crippen LogP contribution is 2.21. The zero-order valence-corrected chi connectivity index (χ0v) is 13.3. The second kappa shape index (κ2) is 6.92. The van der Waals surface area contributed by atoms with Crippen molar-refractivity contribution in [3.05, 3.63) is 95.1 Å². The Labute approximate surface area is 140 Å². The number of rotatable bonds is 4. The lowest BCUT2D eigenvalue weighted by molar-refractivity contribution is 0.103. The Morgan fingerprint density at radius 3 is 2.25 bits per heavy atom. The van der Waals surface area contributed by atoms with Gasteiger partial charge in [-0.15, -0.1) is 0 Å². The van der Waals surface area contributed by atoms with Crippen LogP contribution in [-0.4, -0.2) is 17.1 Å². The average molecular weight is 315 g/mol. The molecule has 3 heteroatoms. The van der Waals surface area contributed by atoms with E-state index < -0.39 is 0 Å². The predicted octanol–water partition coefficient (Wildman–Crippen LogP) is 4.68. The van der Waals surface area contributed by atoms with Gasteiger partial charge in [-0.3, -0.25) is 9.79 Å². The number of ketones is 1. The van der Waals surface area contributed by atoms with Gasteiger partial charge in [-0.05, 0) is 42.8 Å². The average Bonchev–Trinajstić information content (AvgIpc) is 2.63. The molecule has 0 aliphatic rings. The summed E-state index contributed by atoms with van der Waals surface area (Å²) in [7, 11) is 0. The maximum Gasteiger partial charge on any atom is 0.193 e. The van der Waals surface area contributed by atoms with Crippen LogP contribution in [0.2, 0.25) is 0 Å². The lowest BCUT2D eigenvalue weighted by atomic mass is 10.0. The monoisotopic (exact) mass is 315 g/mol. The van der Waals surface area contributed by atoms with E-state index in [0.717, 1.165) is 11.3 Å². The molecule has 0 amide bonds. The Hall–Kier alpha value is -3.20. The molecule has 0 bridgehead atoms. The largest absolute Gasteiger partial charge is 0.507 e. The van der Waals surface area contributed by atoms with E-state index in [1.807, 2.05) is 37.3 Å². The quantitative estimate of drug-likeness (QED) is 0.561. The first-order valence-electron chi connectivity index (χ1n) is 7.67. The van der Waals surface area contributed by atoms with Gasteiger partial charge in [0.1, 0.15) is 5.75 Å². The summed E-state index contributed by atoms with van der Waals surface area (Å²) in [5, 5.41) is 9.98. The molecule has 1 N–H and O–H groups in total. The number of carbonyl (C=O) groups excluding carboxylic acids is 1. The number of aromatic hydroxyl groups is 1. The molecule has 3 aromatic rings. The third-order valence-corrected chi connectivity index (χ3v) is 3.79. The predicted molar refractivity (Wildman–Crippen MR) is 96.4 cm³/mol. The summed E-state index contributed by atoms with van der Waals surface area (Å²) in [4.78, 5) is 16.7. The van der Waals surface area contributed by atoms with Gasteiger partial charge in [0.2, 0.25) is 0 Å². The van der Waals surface area contributed by atoms with Gasteiger partial charge in [-0.25, -0.2) is 0 Å². The molecule has 0 aliphatic heterocycles. The molecule has 0 fully saturated rings. The summed E-state index contributed by atoms with van der Waals surface area (Å²) >= 11 is 0. The van der Waals surface area contributed by atoms with E-state index in [4.69, 9.17) is 0 Å². The Kier molecular flexibility index (Phi) is 4.52. The fourth-order valence-electron chi connectivity index (χ4n) is 2.38. The number of aryl methyl sites for hydroxylation is 1. The molecule has 0 heterocycles. The topological polar surface area (TPSA) is 49.7 Å². The highest BCUT2D eigenvalue weighted by atomic mass is 16.3. The van der Waals surface area contributed by atoms with E-state index in [0.29, 0.717) is 16.7 Å². The first-order chi connectivity index (χ1) is 11.6. The number of hydrogen-bond acceptors (Lipinski definition) is 3. The van der Waals surface area contributed by atoms with Crippen molar-refractivity contribution in [1.82, 2.24) is 0 Å². The molecule has 0 unspecified atom stereocenters. The summed E-state index contributed by atoms with van der Waals surface area (Å²) in [5.41, 5.74) is 3.49. The van der Waals surface area contributed by atoms with Crippen LogP contribution in [0.15, 0.2) is 77.8 Å². The van der Waals surface area contributed by atoms with E-state index in [-0.39, 0.29) is 11.5 Å². The molecular weight excluding hydrogens is 298 g/mol. The van der Waals surface area contributed by atoms with Crippen LogP contribution in [0, 0.1) is 6.92 Å². The number of phenolic OH excluding ortho intramolecular Hbond substituents is 1. The van der Waals surface area contributed by atoms with Crippen LogP contribution in [-0.2, 0) is 0 Å². The Morgan fingerprint density at radius 1 is 0.875 bits per heavy atom. The Bertz CT molecular complexity index is 881. The maximum absolute atomic E-state index is 12.3. The van der Waals surface area contributed by atoms with E-state index in [9.17, 15) is 9.90 Å². The van der Waals surface area contributed by atoms with Gasteiger partial charge >= 0.3 is 0 Å². The van der Waals surface area contributed by atoms with Gasteiger partial charge in [0.25, 0.3) is 0 Å². The van der Waals surface area contributed by atoms with Crippen molar-refractivity contribution in [2.24, 2.45) is 4.99 Å². The summed E-state index contributed by atoms with van der Waals surface area (Å²) in [6.07, 6.45) is 1.62. The first-order valence-corrected chi connectivity index (χ1v) is 7.67. The minimum atomic E-state index is -0.0116. The summed E-state index contributed by atoms with van der Waals surface area (Å²) < 4.78 is 0. The molecule has 3 aromatic carbocycles. The van der Waals surface area contributed by atoms with Crippen LogP contribution in [0.4, 0.5) is 5.69 Å². The third kappa shape index (κ3) is 3.41. The molecule has 0 saturated heterocycles. The minimum Gasteiger partial charge on any atom is -0.507 e. The van der Waals surface area contributed by atoms with Crippen molar-refractivity contribution >= 4 is 17.7 Å². The van der Waals surface area contributed by atoms with Crippen LogP contribution < -0.4 is 0 Å². The molecule has 0 atom stereocenters. The fourth-order valence-corrected chi connectivity index (χ4v) is 2.38. The molecule has 118 valence electrons. The van der Waals surface area contributed by atoms with Gasteiger partial charge in [0.15, 0.2) is 5.78 Å². The van der Waals surface area contributed by atoms with Crippen molar-refractivity contribution in [3.63, 3.8) is 0 Å². The van der Waals surface area contributed by atoms with Crippen LogP contribution in [0.1, 0.15) is 27.0 Å². The molecule has 0 aromatic heterocycles. The van der Waals surface area contributed by atoms with Crippen LogP contribution in [0.5, 0.6) is 5.75 Å². The number of carbonyl (C=O) groups is 1. The number of phenols is 1. The van der Waals surface area contributed by atoms with Crippen LogP contribution in [0.25, 0.3) is 0 Å². The maximum atomic E-state index is 12.3. The second-order valence-corrected chi connectivity index (χ2v) is 5.51. The fraction of sp³-hybridized carbons (Fsp3) is 0.0476. The molecule has 3 rings (SSSR count). The standard InChI is InChI=1S/C21H17NO2/c1-15-6-5-9-18(20(15)23)14-22-19-12-10-17(11-13-19)21(24)16-7-3-2-4-8-16/h2-14,23H,1H3. The van der Waals surface area contributed by atoms with Gasteiger partial charge < -0.3 is 5.11 Å². The molecule has 0 aliphatic carbocycles. The molecule has 0 saturated carbocycles. The SMILES string of the molecule is Cc1cccc(C=Nc2ccc(C(=O)c3ccccc3)cc2)c1O. The van der Waals surface area contributed by atoms with Gasteiger partial charge in [-0.1, -0.05) is 42.5 Å². The first kappa shape index (κ1) is 15.7. The van der Waals surface area contributed by atoms with Crippen molar-refractivity contribution in [1.29, 1.82) is 0 Å². The zero-order valence-electron chi connectivity index (χ0n) is 13.3. The summed E-state index contributed by atoms with van der Waals surface area (Å²) in [6, 6.07) is 21.8. The number of benzene rings is 3. The van der Waals surface area contributed by atoms with Crippen LogP contribution in [0.3, 0.4) is 0 Å². The van der Waals surface area contributed by atoms with Crippen molar-refractivity contribution < 1.29 is 9.90 Å². The van der Waals surface area contributed by atoms with Crippen molar-refractivity contribution in [3.8, 4) is 5.75 Å². The van der Waals surface area contributed by atoms with Crippen molar-refractivity contribution in [2.75, 3.05) is 0 Å². The van der Waals surface area contributed by atoms with E-state index in [1.165, 1.54) is 0 Å². The molecule has 0 radical (unpaired) electrons. The number of hydrogen-bond donors (Lipinski definition) is 1. The molecule has 0 spiro atoms. The molecule has 3 nitrogen and oxygen atoms in total. The summed E-state index contributed by atoms with van der Waals surface area (Å²) in [5.74, 6) is 0.222. The van der Waals surface area contributed by atoms with Gasteiger partial charge in [0.05, 0.1) is 5.69 Å². The number of aliphatic imine (C=N–C) groups is 1. The number of nitrogens with zero attached hydrogens (tertiary/aromatic N) is 1. The Morgan fingerprint density at radius 2 is 1.54 bits per heavy atom. The Balaban J connectivity index is 1.79. The van der Waals surface area contributed by atoms with E-state index in [2.05, 4.69) is 4.99 Å². The highest BCUT2D eigenvalue weighted by Gasteiger charge is 2.07. The number of para-hydroxylation sites is 1. The molecular formula is C21H17NO2. The van der Waals surface area contributed by atoms with E-state index >= 15 is 0 Å². The van der Waals surface area contributed by atoms with Crippen LogP contribution >= 0.6 is 0 Å². The zero-order chi connectivity index (χ0) is 16.9. The second-order valence-electron chi connectivity index (χ2n) is 5.51. The normalized spacial score (nSPS) is 10.9. The highest BCUT2D eigenvalue weighted by molar-refractivity contribution is 6.09. The molecule has 24 heavy (non-hydrogen) atoms. The summed E-state index contributed by atoms with van der Waals surface area (Å²) in [6.45, 7) is 1.84. The van der Waals surface area contributed by atoms with Gasteiger partial charge in [0, 0.05) is 22.9 Å². The smallest absolute Gasteiger partial charge is 0.193 e. The lowest BCUT2D eigenvalue weighted by Crippen LogP contribution is -2.00. The third-order valence-electron chi connectivity index (χ3n) is 3.79. The van der Waals surface area contributed by atoms with Gasteiger partial charge in [-0.2, -0.15) is 0 Å². The lowest BCUT2D eigenvalue weighted by Gasteiger charge is -2.03. The minimum absolute atomic E-state index is 0.0116. The van der Waals surface area contributed by atoms with E-state index in [1.54, 1.807) is 48.7 Å². The van der Waals surface area contributed by atoms with Crippen molar-refractivity contribution in [2.45, 2.75) is 6.92 Å².